The molecule has 0 heterocycles. The van der Waals surface area contributed by atoms with Crippen molar-refractivity contribution >= 4 is 17.7 Å². The number of hydrogen-bond donors (Lipinski definition) is 2. The van der Waals surface area contributed by atoms with E-state index in [0.717, 1.165) is 38.5 Å². The van der Waals surface area contributed by atoms with Crippen LogP contribution in [0.2, 0.25) is 0 Å². The summed E-state index contributed by atoms with van der Waals surface area (Å²) in [5.41, 5.74) is 3.46. The van der Waals surface area contributed by atoms with Crippen LogP contribution in [-0.4, -0.2) is 36.0 Å². The maximum Gasteiger partial charge on any atom is 0.306 e. The average Bonchev–Trinajstić information content (AvgIpc) is 2.42. The summed E-state index contributed by atoms with van der Waals surface area (Å²) >= 11 is 0. The maximum atomic E-state index is 11.3. The van der Waals surface area contributed by atoms with Crippen molar-refractivity contribution in [1.82, 2.24) is 0 Å². The zero-order valence-corrected chi connectivity index (χ0v) is 12.1. The van der Waals surface area contributed by atoms with Gasteiger partial charge in [0.15, 0.2) is 5.78 Å². The number of carboxylic acids is 1. The van der Waals surface area contributed by atoms with Crippen molar-refractivity contribution in [3.05, 3.63) is 0 Å². The van der Waals surface area contributed by atoms with Crippen molar-refractivity contribution in [2.75, 3.05) is 13.2 Å². The summed E-state index contributed by atoms with van der Waals surface area (Å²) in [6.07, 6.45) is 6.07. The predicted octanol–water partition coefficient (Wildman–Crippen LogP) is 0.936. The van der Waals surface area contributed by atoms with Gasteiger partial charge in [-0.15, -0.1) is 0 Å². The van der Waals surface area contributed by atoms with E-state index in [9.17, 15) is 14.4 Å². The molecule has 116 valence electrons. The molecule has 6 heteroatoms. The molecule has 0 aromatic heterocycles. The van der Waals surface area contributed by atoms with Crippen molar-refractivity contribution in [1.29, 1.82) is 0 Å². The number of unbranched alkanes of at least 4 members (excludes halogenated alkanes) is 5. The smallest absolute Gasteiger partial charge is 0.306 e. The predicted molar refractivity (Wildman–Crippen MR) is 72.9 cm³/mol. The van der Waals surface area contributed by atoms with E-state index in [-0.39, 0.29) is 37.6 Å². The van der Waals surface area contributed by atoms with E-state index in [4.69, 9.17) is 9.84 Å². The minimum Gasteiger partial charge on any atom is -0.481 e. The van der Waals surface area contributed by atoms with Crippen LogP contribution >= 0.6 is 0 Å². The molecule has 0 aliphatic heterocycles. The van der Waals surface area contributed by atoms with Gasteiger partial charge >= 0.3 is 11.9 Å². The van der Waals surface area contributed by atoms with Gasteiger partial charge in [0.05, 0.1) is 13.0 Å². The van der Waals surface area contributed by atoms with Gasteiger partial charge in [0, 0.05) is 12.8 Å². The number of carbonyl (C=O) groups is 3. The van der Waals surface area contributed by atoms with Crippen LogP contribution in [0.3, 0.4) is 0 Å². The fraction of sp³-hybridized carbons (Fsp3) is 0.786. The first-order chi connectivity index (χ1) is 9.56. The van der Waals surface area contributed by atoms with E-state index in [0.29, 0.717) is 6.61 Å². The first-order valence-electron chi connectivity index (χ1n) is 7.24. The Morgan fingerprint density at radius 2 is 1.45 bits per heavy atom. The number of Topliss-reactive ketones (excluding diaryl/α,β-unsaturated/α-hetero) is 1. The van der Waals surface area contributed by atoms with Gasteiger partial charge in [-0.2, -0.15) is 0 Å². The van der Waals surface area contributed by atoms with Gasteiger partial charge in [0.1, 0.15) is 6.54 Å². The van der Waals surface area contributed by atoms with Gasteiger partial charge in [0.2, 0.25) is 0 Å². The molecule has 0 saturated heterocycles. The zero-order valence-electron chi connectivity index (χ0n) is 12.1. The molecule has 6 nitrogen and oxygen atoms in total. The molecule has 20 heavy (non-hydrogen) atoms. The van der Waals surface area contributed by atoms with Gasteiger partial charge < -0.3 is 15.6 Å². The maximum absolute atomic E-state index is 11.3. The standard InChI is InChI=1S/C14H25NO5/c15-11-12(16)8-9-14(19)20-10-6-4-2-1-3-5-7-13(17)18/h1-11,15H2,(H,17,18)/p+1. The average molecular weight is 288 g/mol. The molecular weight excluding hydrogens is 262 g/mol. The van der Waals surface area contributed by atoms with Gasteiger partial charge in [-0.05, 0) is 12.8 Å². The van der Waals surface area contributed by atoms with Crippen molar-refractivity contribution in [3.8, 4) is 0 Å². The van der Waals surface area contributed by atoms with Gasteiger partial charge in [-0.25, -0.2) is 0 Å². The van der Waals surface area contributed by atoms with Crippen molar-refractivity contribution in [3.63, 3.8) is 0 Å². The molecular formula is C14H26NO5+. The number of carbonyl (C=O) groups excluding carboxylic acids is 2. The van der Waals surface area contributed by atoms with Crippen molar-refractivity contribution < 1.29 is 30.0 Å². The first kappa shape index (κ1) is 18.6. The van der Waals surface area contributed by atoms with E-state index < -0.39 is 5.97 Å². The topological polar surface area (TPSA) is 108 Å². The summed E-state index contributed by atoms with van der Waals surface area (Å²) < 4.78 is 5.01. The fourth-order valence-electron chi connectivity index (χ4n) is 1.71. The Kier molecular flexibility index (Phi) is 11.7. The molecule has 0 spiro atoms. The largest absolute Gasteiger partial charge is 0.481 e. The minimum atomic E-state index is -0.741. The molecule has 4 N–H and O–H groups in total. The van der Waals surface area contributed by atoms with Gasteiger partial charge in [-0.1, -0.05) is 25.7 Å². The monoisotopic (exact) mass is 288 g/mol. The number of hydrogen-bond acceptors (Lipinski definition) is 4. The Morgan fingerprint density at radius 3 is 2.05 bits per heavy atom. The van der Waals surface area contributed by atoms with Crippen molar-refractivity contribution in [2.24, 2.45) is 0 Å². The van der Waals surface area contributed by atoms with Crippen molar-refractivity contribution in [2.45, 2.75) is 57.8 Å². The van der Waals surface area contributed by atoms with Crippen LogP contribution in [0.1, 0.15) is 57.8 Å². The number of carboxylic acid groups (broad SMARTS) is 1. The summed E-state index contributed by atoms with van der Waals surface area (Å²) in [5.74, 6) is -1.09. The second-order valence-electron chi connectivity index (χ2n) is 4.77. The van der Waals surface area contributed by atoms with E-state index >= 15 is 0 Å². The third kappa shape index (κ3) is 13.0. The lowest BCUT2D eigenvalue weighted by Gasteiger charge is -2.04. The van der Waals surface area contributed by atoms with Gasteiger partial charge in [0.25, 0.3) is 0 Å². The molecule has 0 unspecified atom stereocenters. The van der Waals surface area contributed by atoms with Crippen LogP contribution in [-0.2, 0) is 19.1 Å². The van der Waals surface area contributed by atoms with E-state index in [1.54, 1.807) is 0 Å². The van der Waals surface area contributed by atoms with Crippen LogP contribution in [0.4, 0.5) is 0 Å². The lowest BCUT2D eigenvalue weighted by Crippen LogP contribution is -2.54. The number of ether oxygens (including phenoxy) is 1. The van der Waals surface area contributed by atoms with E-state index in [1.807, 2.05) is 0 Å². The quantitative estimate of drug-likeness (QED) is 0.387. The van der Waals surface area contributed by atoms with Crippen LogP contribution in [0.15, 0.2) is 0 Å². The number of esters is 1. The Bertz CT molecular complexity index is 304. The Hall–Kier alpha value is -1.43. The minimum absolute atomic E-state index is 0.0247. The third-order valence-electron chi connectivity index (χ3n) is 2.93. The summed E-state index contributed by atoms with van der Waals surface area (Å²) in [6, 6.07) is 0. The lowest BCUT2D eigenvalue weighted by atomic mass is 10.1. The first-order valence-corrected chi connectivity index (χ1v) is 7.24. The molecule has 0 fully saturated rings. The van der Waals surface area contributed by atoms with Crippen LogP contribution in [0.5, 0.6) is 0 Å². The molecule has 0 aromatic rings. The third-order valence-corrected chi connectivity index (χ3v) is 2.93. The van der Waals surface area contributed by atoms with E-state index in [1.165, 1.54) is 0 Å². The summed E-state index contributed by atoms with van der Waals surface area (Å²) in [6.45, 7) is 0.613. The Labute approximate surface area is 119 Å². The molecule has 0 bridgehead atoms. The molecule has 0 aliphatic carbocycles. The molecule has 0 amide bonds. The highest BCUT2D eigenvalue weighted by atomic mass is 16.5. The molecule has 0 aromatic carbocycles. The number of rotatable bonds is 13. The van der Waals surface area contributed by atoms with E-state index in [2.05, 4.69) is 5.73 Å². The summed E-state index contributed by atoms with van der Waals surface area (Å²) in [7, 11) is 0. The fourth-order valence-corrected chi connectivity index (χ4v) is 1.71. The molecule has 0 atom stereocenters. The molecule has 0 radical (unpaired) electrons. The van der Waals surface area contributed by atoms with Crippen LogP contribution < -0.4 is 5.73 Å². The highest BCUT2D eigenvalue weighted by Gasteiger charge is 2.07. The number of quaternary nitrogens is 1. The summed E-state index contributed by atoms with van der Waals surface area (Å²) in [4.78, 5) is 32.5. The number of ketones is 1. The lowest BCUT2D eigenvalue weighted by molar-refractivity contribution is -0.354. The van der Waals surface area contributed by atoms with Crippen LogP contribution in [0, 0.1) is 0 Å². The second-order valence-corrected chi connectivity index (χ2v) is 4.77. The molecule has 0 rings (SSSR count). The Morgan fingerprint density at radius 1 is 0.850 bits per heavy atom. The normalized spacial score (nSPS) is 10.2. The second kappa shape index (κ2) is 12.6. The molecule has 0 aliphatic rings. The highest BCUT2D eigenvalue weighted by Crippen LogP contribution is 2.07. The SMILES string of the molecule is [NH3+]CC(=O)CCC(=O)OCCCCCCCCC(=O)O. The number of aliphatic carboxylic acids is 1. The molecule has 0 saturated carbocycles. The van der Waals surface area contributed by atoms with Gasteiger partial charge in [-0.3, -0.25) is 14.4 Å². The van der Waals surface area contributed by atoms with Crippen LogP contribution in [0.25, 0.3) is 0 Å². The zero-order chi connectivity index (χ0) is 15.2. The highest BCUT2D eigenvalue weighted by molar-refractivity contribution is 5.83. The summed E-state index contributed by atoms with van der Waals surface area (Å²) in [5, 5.41) is 8.46. The Balaban J connectivity index is 3.25.